The first-order valence-corrected chi connectivity index (χ1v) is 10.7. The van der Waals surface area contributed by atoms with Crippen LogP contribution in [0.4, 0.5) is 4.39 Å². The second-order valence-electron chi connectivity index (χ2n) is 7.52. The molecule has 3 aromatic carbocycles. The van der Waals surface area contributed by atoms with Gasteiger partial charge in [0.1, 0.15) is 12.4 Å². The molecule has 0 aliphatic rings. The Hall–Kier alpha value is -4.39. The van der Waals surface area contributed by atoms with Crippen LogP contribution in [0.25, 0.3) is 5.69 Å². The van der Waals surface area contributed by atoms with Gasteiger partial charge >= 0.3 is 0 Å². The molecule has 0 aliphatic carbocycles. The quantitative estimate of drug-likeness (QED) is 0.286. The number of methoxy groups -OCH3 is 1. The summed E-state index contributed by atoms with van der Waals surface area (Å²) in [6, 6.07) is 22.9. The van der Waals surface area contributed by atoms with Crippen LogP contribution < -0.4 is 14.9 Å². The monoisotopic (exact) mass is 457 g/mol. The summed E-state index contributed by atoms with van der Waals surface area (Å²) in [5.41, 5.74) is 5.85. The molecule has 0 atom stereocenters. The molecule has 6 nitrogen and oxygen atoms in total. The molecule has 0 saturated carbocycles. The number of halogens is 1. The van der Waals surface area contributed by atoms with Gasteiger partial charge in [-0.1, -0.05) is 18.2 Å². The van der Waals surface area contributed by atoms with Crippen molar-refractivity contribution in [1.29, 1.82) is 0 Å². The maximum Gasteiger partial charge on any atom is 0.271 e. The predicted octanol–water partition coefficient (Wildman–Crippen LogP) is 5.36. The Morgan fingerprint density at radius 3 is 2.35 bits per heavy atom. The van der Waals surface area contributed by atoms with Gasteiger partial charge < -0.3 is 14.0 Å². The minimum Gasteiger partial charge on any atom is -0.493 e. The standard InChI is InChI=1S/C27H24FN3O3/c1-19(29-30-27(32)20-9-12-23(13-10-20)31-15-5-6-16-31)21-11-14-25(26(17-21)33-2)34-18-22-7-3-4-8-24(22)28/h3-17H,18H2,1-2H3,(H,30,32)/b29-19+. The van der Waals surface area contributed by atoms with Crippen molar-refractivity contribution < 1.29 is 18.7 Å². The van der Waals surface area contributed by atoms with Crippen LogP contribution in [0, 0.1) is 5.82 Å². The van der Waals surface area contributed by atoms with Crippen LogP contribution in [0.5, 0.6) is 11.5 Å². The van der Waals surface area contributed by atoms with Gasteiger partial charge in [-0.3, -0.25) is 4.79 Å². The highest BCUT2D eigenvalue weighted by molar-refractivity contribution is 6.01. The molecule has 0 fully saturated rings. The molecule has 4 rings (SSSR count). The highest BCUT2D eigenvalue weighted by Crippen LogP contribution is 2.29. The number of hydrazone groups is 1. The Labute approximate surface area is 197 Å². The maximum absolute atomic E-state index is 13.8. The molecule has 0 unspecified atom stereocenters. The fourth-order valence-corrected chi connectivity index (χ4v) is 3.34. The molecule has 0 radical (unpaired) electrons. The number of nitrogens with zero attached hydrogens (tertiary/aromatic N) is 2. The molecule has 0 spiro atoms. The fourth-order valence-electron chi connectivity index (χ4n) is 3.34. The van der Waals surface area contributed by atoms with Crippen LogP contribution in [0.3, 0.4) is 0 Å². The number of amides is 1. The van der Waals surface area contributed by atoms with Crippen LogP contribution in [0.15, 0.2) is 96.4 Å². The second kappa shape index (κ2) is 10.5. The number of aromatic nitrogens is 1. The third kappa shape index (κ3) is 5.32. The Morgan fingerprint density at radius 1 is 0.941 bits per heavy atom. The van der Waals surface area contributed by atoms with Gasteiger partial charge in [0.05, 0.1) is 12.8 Å². The molecule has 0 bridgehead atoms. The Bertz CT molecular complexity index is 1300. The van der Waals surface area contributed by atoms with Crippen LogP contribution in [-0.2, 0) is 6.61 Å². The van der Waals surface area contributed by atoms with Gasteiger partial charge in [-0.25, -0.2) is 9.82 Å². The number of nitrogens with one attached hydrogen (secondary N) is 1. The molecule has 34 heavy (non-hydrogen) atoms. The number of hydrogen-bond acceptors (Lipinski definition) is 4. The van der Waals surface area contributed by atoms with E-state index in [1.165, 1.54) is 13.2 Å². The zero-order chi connectivity index (χ0) is 23.9. The van der Waals surface area contributed by atoms with E-state index in [4.69, 9.17) is 9.47 Å². The van der Waals surface area contributed by atoms with Crippen molar-refractivity contribution in [2.24, 2.45) is 5.10 Å². The van der Waals surface area contributed by atoms with E-state index in [1.807, 2.05) is 41.2 Å². The van der Waals surface area contributed by atoms with Crippen molar-refractivity contribution in [3.8, 4) is 17.2 Å². The molecule has 1 amide bonds. The SMILES string of the molecule is COc1cc(/C(C)=N/NC(=O)c2ccc(-n3cccc3)cc2)ccc1OCc1ccccc1F. The summed E-state index contributed by atoms with van der Waals surface area (Å²) in [7, 11) is 1.53. The summed E-state index contributed by atoms with van der Waals surface area (Å²) >= 11 is 0. The van der Waals surface area contributed by atoms with Gasteiger partial charge in [-0.2, -0.15) is 5.10 Å². The van der Waals surface area contributed by atoms with Gasteiger partial charge in [0.15, 0.2) is 11.5 Å². The number of benzene rings is 3. The molecule has 172 valence electrons. The van der Waals surface area contributed by atoms with E-state index in [0.29, 0.717) is 28.3 Å². The summed E-state index contributed by atoms with van der Waals surface area (Å²) in [5.74, 6) is 0.329. The number of carbonyl (C=O) groups excluding carboxylic acids is 1. The van der Waals surface area contributed by atoms with Crippen molar-refractivity contribution >= 4 is 11.6 Å². The number of rotatable bonds is 8. The minimum atomic E-state index is -0.323. The zero-order valence-electron chi connectivity index (χ0n) is 18.9. The molecule has 1 heterocycles. The first kappa shape index (κ1) is 22.8. The summed E-state index contributed by atoms with van der Waals surface area (Å²) in [4.78, 5) is 12.5. The average molecular weight is 458 g/mol. The van der Waals surface area contributed by atoms with Crippen molar-refractivity contribution in [3.63, 3.8) is 0 Å². The molecular formula is C27H24FN3O3. The summed E-state index contributed by atoms with van der Waals surface area (Å²) in [5, 5.41) is 4.22. The van der Waals surface area contributed by atoms with E-state index in [1.54, 1.807) is 55.5 Å². The highest BCUT2D eigenvalue weighted by Gasteiger charge is 2.10. The third-order valence-electron chi connectivity index (χ3n) is 5.28. The average Bonchev–Trinajstić information content (AvgIpc) is 3.42. The Kier molecular flexibility index (Phi) is 7.03. The minimum absolute atomic E-state index is 0.0780. The van der Waals surface area contributed by atoms with Gasteiger partial charge in [0, 0.05) is 34.8 Å². The van der Waals surface area contributed by atoms with Crippen molar-refractivity contribution in [2.75, 3.05) is 7.11 Å². The first-order chi connectivity index (χ1) is 16.5. The van der Waals surface area contributed by atoms with Gasteiger partial charge in [-0.15, -0.1) is 0 Å². The summed E-state index contributed by atoms with van der Waals surface area (Å²) < 4.78 is 27.0. The molecule has 0 aliphatic heterocycles. The van der Waals surface area contributed by atoms with Crippen molar-refractivity contribution in [3.05, 3.63) is 114 Å². The highest BCUT2D eigenvalue weighted by atomic mass is 19.1. The van der Waals surface area contributed by atoms with E-state index in [-0.39, 0.29) is 18.3 Å². The number of carbonyl (C=O) groups is 1. The zero-order valence-corrected chi connectivity index (χ0v) is 18.9. The Morgan fingerprint density at radius 2 is 1.65 bits per heavy atom. The normalized spacial score (nSPS) is 11.2. The van der Waals surface area contributed by atoms with Crippen LogP contribution in [0.2, 0.25) is 0 Å². The molecular weight excluding hydrogens is 433 g/mol. The van der Waals surface area contributed by atoms with Gasteiger partial charge in [0.2, 0.25) is 0 Å². The maximum atomic E-state index is 13.8. The molecule has 1 N–H and O–H groups in total. The lowest BCUT2D eigenvalue weighted by Crippen LogP contribution is -2.19. The van der Waals surface area contributed by atoms with E-state index >= 15 is 0 Å². The third-order valence-corrected chi connectivity index (χ3v) is 5.28. The second-order valence-corrected chi connectivity index (χ2v) is 7.52. The van der Waals surface area contributed by atoms with Gasteiger partial charge in [0.25, 0.3) is 5.91 Å². The lowest BCUT2D eigenvalue weighted by Gasteiger charge is -2.13. The van der Waals surface area contributed by atoms with Crippen LogP contribution >= 0.6 is 0 Å². The topological polar surface area (TPSA) is 64.8 Å². The molecule has 4 aromatic rings. The summed E-state index contributed by atoms with van der Waals surface area (Å²) in [6.45, 7) is 1.86. The lowest BCUT2D eigenvalue weighted by atomic mass is 10.1. The van der Waals surface area contributed by atoms with E-state index < -0.39 is 0 Å². The summed E-state index contributed by atoms with van der Waals surface area (Å²) in [6.07, 6.45) is 3.88. The number of ether oxygens (including phenoxy) is 2. The Balaban J connectivity index is 1.41. The van der Waals surface area contributed by atoms with Gasteiger partial charge in [-0.05, 0) is 67.6 Å². The van der Waals surface area contributed by atoms with E-state index in [2.05, 4.69) is 10.5 Å². The fraction of sp³-hybridized carbons (Fsp3) is 0.111. The van der Waals surface area contributed by atoms with Crippen molar-refractivity contribution in [2.45, 2.75) is 13.5 Å². The molecule has 1 aromatic heterocycles. The predicted molar refractivity (Wildman–Crippen MR) is 129 cm³/mol. The first-order valence-electron chi connectivity index (χ1n) is 10.7. The smallest absolute Gasteiger partial charge is 0.271 e. The van der Waals surface area contributed by atoms with Crippen LogP contribution in [-0.4, -0.2) is 23.3 Å². The number of hydrogen-bond donors (Lipinski definition) is 1. The van der Waals surface area contributed by atoms with E-state index in [9.17, 15) is 9.18 Å². The molecule has 0 saturated heterocycles. The molecule has 7 heteroatoms. The van der Waals surface area contributed by atoms with E-state index in [0.717, 1.165) is 11.3 Å². The van der Waals surface area contributed by atoms with Crippen LogP contribution in [0.1, 0.15) is 28.4 Å². The van der Waals surface area contributed by atoms with Crippen molar-refractivity contribution in [1.82, 2.24) is 9.99 Å². The largest absolute Gasteiger partial charge is 0.493 e. The lowest BCUT2D eigenvalue weighted by molar-refractivity contribution is 0.0955.